The number of hydrogen-bond donors (Lipinski definition) is 2. The highest BCUT2D eigenvalue weighted by molar-refractivity contribution is 8.00. The molecule has 0 spiro atoms. The van der Waals surface area contributed by atoms with Crippen molar-refractivity contribution in [3.05, 3.63) is 47.1 Å². The fourth-order valence-corrected chi connectivity index (χ4v) is 4.79. The highest BCUT2D eigenvalue weighted by atomic mass is 32.2. The van der Waals surface area contributed by atoms with Gasteiger partial charge in [0, 0.05) is 35.9 Å². The number of rotatable bonds is 5. The van der Waals surface area contributed by atoms with Crippen LogP contribution < -0.4 is 5.32 Å². The lowest BCUT2D eigenvalue weighted by Crippen LogP contribution is -2.43. The van der Waals surface area contributed by atoms with Crippen molar-refractivity contribution in [2.75, 3.05) is 25.9 Å². The van der Waals surface area contributed by atoms with Crippen LogP contribution in [0.25, 0.3) is 10.9 Å². The number of hydrogen-bond acceptors (Lipinski definition) is 5. The van der Waals surface area contributed by atoms with Crippen molar-refractivity contribution in [1.82, 2.24) is 20.2 Å². The number of para-hydroxylation sites is 1. The molecule has 1 aromatic carbocycles. The van der Waals surface area contributed by atoms with Crippen molar-refractivity contribution >= 4 is 45.8 Å². The molecule has 1 aliphatic heterocycles. The molecular formula is C20H22N4O2S2. The topological polar surface area (TPSA) is 78.1 Å². The minimum Gasteiger partial charge on any atom is -0.351 e. The van der Waals surface area contributed by atoms with Crippen molar-refractivity contribution in [1.29, 1.82) is 0 Å². The first-order valence-electron chi connectivity index (χ1n) is 9.29. The summed E-state index contributed by atoms with van der Waals surface area (Å²) in [6.07, 6.45) is 3.90. The number of aromatic amines is 1. The fraction of sp³-hybridized carbons (Fsp3) is 0.350. The molecule has 8 heteroatoms. The van der Waals surface area contributed by atoms with Crippen LogP contribution in [0.1, 0.15) is 33.8 Å². The summed E-state index contributed by atoms with van der Waals surface area (Å²) < 4.78 is 0.905. The minimum absolute atomic E-state index is 0.0109. The molecule has 1 aliphatic rings. The van der Waals surface area contributed by atoms with Crippen LogP contribution in [-0.2, 0) is 0 Å². The first kappa shape index (κ1) is 19.0. The standard InChI is InChI=1S/C20H22N4O2S2/c1-27-20-23-17(12-28-20)19(26)24-8-4-5-13(11-24)10-21-18(25)16-9-14-6-2-3-7-15(14)22-16/h2-3,6-7,9,12-13,22H,4-5,8,10-11H2,1H3,(H,21,25)/t13-/m1/s1. The van der Waals surface area contributed by atoms with Crippen LogP contribution in [0.5, 0.6) is 0 Å². The molecule has 6 nitrogen and oxygen atoms in total. The highest BCUT2D eigenvalue weighted by Gasteiger charge is 2.26. The van der Waals surface area contributed by atoms with Gasteiger partial charge >= 0.3 is 0 Å². The maximum atomic E-state index is 12.7. The number of carbonyl (C=O) groups excluding carboxylic acids is 2. The van der Waals surface area contributed by atoms with Crippen LogP contribution in [0.3, 0.4) is 0 Å². The number of nitrogens with one attached hydrogen (secondary N) is 2. The molecule has 28 heavy (non-hydrogen) atoms. The lowest BCUT2D eigenvalue weighted by molar-refractivity contribution is 0.0665. The quantitative estimate of drug-likeness (QED) is 0.625. The number of carbonyl (C=O) groups is 2. The molecule has 0 saturated carbocycles. The third-order valence-electron chi connectivity index (χ3n) is 5.01. The van der Waals surface area contributed by atoms with E-state index in [1.165, 1.54) is 11.3 Å². The molecule has 3 aromatic rings. The van der Waals surface area contributed by atoms with Crippen LogP contribution in [0.2, 0.25) is 0 Å². The average Bonchev–Trinajstić information content (AvgIpc) is 3.38. The Labute approximate surface area is 171 Å². The van der Waals surface area contributed by atoms with E-state index >= 15 is 0 Å². The zero-order valence-electron chi connectivity index (χ0n) is 15.6. The maximum absolute atomic E-state index is 12.7. The van der Waals surface area contributed by atoms with E-state index in [0.29, 0.717) is 24.5 Å². The zero-order valence-corrected chi connectivity index (χ0v) is 17.2. The Kier molecular flexibility index (Phi) is 5.68. The smallest absolute Gasteiger partial charge is 0.273 e. The van der Waals surface area contributed by atoms with Crippen molar-refractivity contribution in [2.45, 2.75) is 17.2 Å². The molecule has 0 unspecified atom stereocenters. The van der Waals surface area contributed by atoms with Gasteiger partial charge in [0.2, 0.25) is 0 Å². The molecule has 0 radical (unpaired) electrons. The highest BCUT2D eigenvalue weighted by Crippen LogP contribution is 2.23. The average molecular weight is 415 g/mol. The molecule has 1 atom stereocenters. The summed E-state index contributed by atoms with van der Waals surface area (Å²) in [6, 6.07) is 9.70. The Balaban J connectivity index is 1.34. The van der Waals surface area contributed by atoms with Crippen LogP contribution in [0.15, 0.2) is 40.1 Å². The monoisotopic (exact) mass is 414 g/mol. The SMILES string of the molecule is CSc1nc(C(=O)N2CCC[C@H](CNC(=O)c3cc4ccccc4[nH]3)C2)cs1. The molecule has 2 amide bonds. The summed E-state index contributed by atoms with van der Waals surface area (Å²) >= 11 is 3.05. The van der Waals surface area contributed by atoms with E-state index < -0.39 is 0 Å². The molecule has 146 valence electrons. The van der Waals surface area contributed by atoms with Gasteiger partial charge in [0.05, 0.1) is 0 Å². The first-order chi connectivity index (χ1) is 13.6. The van der Waals surface area contributed by atoms with Gasteiger partial charge in [0.1, 0.15) is 15.7 Å². The Morgan fingerprint density at radius 3 is 3.04 bits per heavy atom. The Morgan fingerprint density at radius 1 is 1.39 bits per heavy atom. The van der Waals surface area contributed by atoms with Gasteiger partial charge in [-0.25, -0.2) is 4.98 Å². The molecule has 1 saturated heterocycles. The number of piperidine rings is 1. The maximum Gasteiger partial charge on any atom is 0.273 e. The van der Waals surface area contributed by atoms with Crippen LogP contribution in [0, 0.1) is 5.92 Å². The van der Waals surface area contributed by atoms with Crippen LogP contribution in [-0.4, -0.2) is 52.6 Å². The first-order valence-corrected chi connectivity index (χ1v) is 11.4. The van der Waals surface area contributed by atoms with Gasteiger partial charge < -0.3 is 15.2 Å². The number of aromatic nitrogens is 2. The fourth-order valence-electron chi connectivity index (χ4n) is 3.56. The lowest BCUT2D eigenvalue weighted by Gasteiger charge is -2.32. The van der Waals surface area contributed by atoms with E-state index in [4.69, 9.17) is 0 Å². The van der Waals surface area contributed by atoms with E-state index in [1.807, 2.05) is 46.9 Å². The molecule has 4 rings (SSSR count). The molecule has 0 bridgehead atoms. The van der Waals surface area contributed by atoms with Crippen molar-refractivity contribution in [2.24, 2.45) is 5.92 Å². The van der Waals surface area contributed by atoms with Crippen molar-refractivity contribution < 1.29 is 9.59 Å². The van der Waals surface area contributed by atoms with Gasteiger partial charge in [-0.05, 0) is 37.1 Å². The third kappa shape index (κ3) is 4.07. The van der Waals surface area contributed by atoms with Gasteiger partial charge in [0.15, 0.2) is 0 Å². The second-order valence-electron chi connectivity index (χ2n) is 6.94. The van der Waals surface area contributed by atoms with E-state index in [-0.39, 0.29) is 17.7 Å². The minimum atomic E-state index is -0.108. The van der Waals surface area contributed by atoms with Gasteiger partial charge in [-0.3, -0.25) is 9.59 Å². The van der Waals surface area contributed by atoms with Crippen molar-refractivity contribution in [3.63, 3.8) is 0 Å². The van der Waals surface area contributed by atoms with E-state index in [1.54, 1.807) is 11.8 Å². The van der Waals surface area contributed by atoms with Gasteiger partial charge in [-0.15, -0.1) is 11.3 Å². The van der Waals surface area contributed by atoms with Crippen LogP contribution in [0.4, 0.5) is 0 Å². The normalized spacial score (nSPS) is 17.0. The predicted molar refractivity (Wildman–Crippen MR) is 113 cm³/mol. The predicted octanol–water partition coefficient (Wildman–Crippen LogP) is 3.63. The van der Waals surface area contributed by atoms with Gasteiger partial charge in [-0.2, -0.15) is 0 Å². The van der Waals surface area contributed by atoms with Crippen molar-refractivity contribution in [3.8, 4) is 0 Å². The lowest BCUT2D eigenvalue weighted by atomic mass is 9.97. The number of amides is 2. The Bertz CT molecular complexity index is 964. The second-order valence-corrected chi connectivity index (χ2v) is 8.85. The summed E-state index contributed by atoms with van der Waals surface area (Å²) in [5, 5.41) is 5.87. The van der Waals surface area contributed by atoms with E-state index in [2.05, 4.69) is 15.3 Å². The van der Waals surface area contributed by atoms with E-state index in [9.17, 15) is 9.59 Å². The molecule has 2 aromatic heterocycles. The van der Waals surface area contributed by atoms with Gasteiger partial charge in [-0.1, -0.05) is 30.0 Å². The molecule has 2 N–H and O–H groups in total. The molecule has 1 fully saturated rings. The summed E-state index contributed by atoms with van der Waals surface area (Å²) in [4.78, 5) is 34.6. The number of fused-ring (bicyclic) bond motifs is 1. The largest absolute Gasteiger partial charge is 0.351 e. The number of nitrogens with zero attached hydrogens (tertiary/aromatic N) is 2. The van der Waals surface area contributed by atoms with E-state index in [0.717, 1.165) is 34.6 Å². The Hall–Kier alpha value is -2.32. The summed E-state index contributed by atoms with van der Waals surface area (Å²) in [6.45, 7) is 1.96. The summed E-state index contributed by atoms with van der Waals surface area (Å²) in [5.74, 6) is 0.136. The second kappa shape index (κ2) is 8.36. The van der Waals surface area contributed by atoms with Crippen LogP contribution >= 0.6 is 23.1 Å². The number of thioether (sulfide) groups is 1. The third-order valence-corrected chi connectivity index (χ3v) is 6.87. The van der Waals surface area contributed by atoms with Gasteiger partial charge in [0.25, 0.3) is 11.8 Å². The molecule has 0 aliphatic carbocycles. The molecular weight excluding hydrogens is 392 g/mol. The molecule has 3 heterocycles. The number of thiazole rings is 1. The number of H-pyrrole nitrogens is 1. The Morgan fingerprint density at radius 2 is 2.25 bits per heavy atom. The number of likely N-dealkylation sites (tertiary alicyclic amines) is 1. The number of benzene rings is 1. The zero-order chi connectivity index (χ0) is 19.5. The summed E-state index contributed by atoms with van der Waals surface area (Å²) in [7, 11) is 0. The summed E-state index contributed by atoms with van der Waals surface area (Å²) in [5.41, 5.74) is 2.05.